The van der Waals surface area contributed by atoms with Crippen LogP contribution in [0, 0.1) is 12.8 Å². The molecule has 2 aliphatic heterocycles. The fourth-order valence-corrected chi connectivity index (χ4v) is 2.93. The van der Waals surface area contributed by atoms with Crippen LogP contribution in [0.5, 0.6) is 11.5 Å². The topological polar surface area (TPSA) is 50.7 Å². The molecule has 2 atom stereocenters. The molecule has 4 heteroatoms. The Morgan fingerprint density at radius 2 is 2.00 bits per heavy atom. The zero-order chi connectivity index (χ0) is 13.2. The minimum Gasteiger partial charge on any atom is -0.486 e. The van der Waals surface area contributed by atoms with Gasteiger partial charge in [-0.05, 0) is 49.6 Å². The molecule has 3 rings (SSSR count). The molecule has 2 N–H and O–H groups in total. The van der Waals surface area contributed by atoms with Crippen molar-refractivity contribution in [2.45, 2.75) is 25.9 Å². The van der Waals surface area contributed by atoms with Gasteiger partial charge in [-0.3, -0.25) is 0 Å². The Morgan fingerprint density at radius 1 is 1.26 bits per heavy atom. The highest BCUT2D eigenvalue weighted by Gasteiger charge is 2.26. The molecule has 0 aliphatic carbocycles. The first-order valence-electron chi connectivity index (χ1n) is 7.04. The molecule has 2 heterocycles. The second-order valence-corrected chi connectivity index (χ2v) is 5.40. The quantitative estimate of drug-likeness (QED) is 0.854. The third kappa shape index (κ3) is 2.55. The molecule has 1 fully saturated rings. The van der Waals surface area contributed by atoms with Crippen molar-refractivity contribution in [2.24, 2.45) is 5.92 Å². The molecule has 0 radical (unpaired) electrons. The molecule has 1 aromatic rings. The van der Waals surface area contributed by atoms with Crippen molar-refractivity contribution in [2.75, 3.05) is 26.3 Å². The molecule has 104 valence electrons. The van der Waals surface area contributed by atoms with Gasteiger partial charge in [-0.1, -0.05) is 0 Å². The number of aryl methyl sites for hydroxylation is 1. The molecule has 0 spiro atoms. The van der Waals surface area contributed by atoms with Crippen molar-refractivity contribution in [3.63, 3.8) is 0 Å². The Bertz CT molecular complexity index is 455. The van der Waals surface area contributed by atoms with E-state index in [4.69, 9.17) is 9.47 Å². The Hall–Kier alpha value is -1.26. The Labute approximate surface area is 113 Å². The minimum atomic E-state index is -0.427. The van der Waals surface area contributed by atoms with Crippen molar-refractivity contribution in [1.29, 1.82) is 0 Å². The van der Waals surface area contributed by atoms with Crippen LogP contribution in [0.4, 0.5) is 0 Å². The summed E-state index contributed by atoms with van der Waals surface area (Å²) in [7, 11) is 0. The molecule has 19 heavy (non-hydrogen) atoms. The fourth-order valence-electron chi connectivity index (χ4n) is 2.93. The molecule has 2 unspecified atom stereocenters. The SMILES string of the molecule is Cc1cc2c(cc1C(O)C1CCCNC1)OCCO2. The van der Waals surface area contributed by atoms with E-state index in [2.05, 4.69) is 5.32 Å². The molecule has 4 nitrogen and oxygen atoms in total. The number of piperidine rings is 1. The highest BCUT2D eigenvalue weighted by Crippen LogP contribution is 2.37. The summed E-state index contributed by atoms with van der Waals surface area (Å²) in [5.74, 6) is 1.84. The lowest BCUT2D eigenvalue weighted by Crippen LogP contribution is -2.33. The monoisotopic (exact) mass is 263 g/mol. The lowest BCUT2D eigenvalue weighted by molar-refractivity contribution is 0.0906. The highest BCUT2D eigenvalue weighted by molar-refractivity contribution is 5.48. The number of hydrogen-bond acceptors (Lipinski definition) is 4. The van der Waals surface area contributed by atoms with Crippen LogP contribution in [0.25, 0.3) is 0 Å². The van der Waals surface area contributed by atoms with E-state index in [0.29, 0.717) is 13.2 Å². The number of ether oxygens (including phenoxy) is 2. The van der Waals surface area contributed by atoms with E-state index < -0.39 is 6.10 Å². The van der Waals surface area contributed by atoms with E-state index in [-0.39, 0.29) is 5.92 Å². The summed E-state index contributed by atoms with van der Waals surface area (Å²) in [6, 6.07) is 3.92. The zero-order valence-corrected chi connectivity index (χ0v) is 11.3. The number of nitrogens with one attached hydrogen (secondary N) is 1. The summed E-state index contributed by atoms with van der Waals surface area (Å²) in [5, 5.41) is 13.9. The summed E-state index contributed by atoms with van der Waals surface area (Å²) in [6.07, 6.45) is 1.77. The molecular formula is C15H21NO3. The van der Waals surface area contributed by atoms with E-state index in [1.165, 1.54) is 0 Å². The maximum absolute atomic E-state index is 10.6. The van der Waals surface area contributed by atoms with Crippen LogP contribution in [-0.4, -0.2) is 31.4 Å². The predicted octanol–water partition coefficient (Wildman–Crippen LogP) is 1.80. The van der Waals surface area contributed by atoms with Gasteiger partial charge in [0.25, 0.3) is 0 Å². The maximum Gasteiger partial charge on any atom is 0.161 e. The second kappa shape index (κ2) is 5.39. The molecule has 0 bridgehead atoms. The van der Waals surface area contributed by atoms with Gasteiger partial charge in [-0.25, -0.2) is 0 Å². The number of fused-ring (bicyclic) bond motifs is 1. The average molecular weight is 263 g/mol. The summed E-state index contributed by atoms with van der Waals surface area (Å²) >= 11 is 0. The van der Waals surface area contributed by atoms with Gasteiger partial charge in [0.2, 0.25) is 0 Å². The maximum atomic E-state index is 10.6. The van der Waals surface area contributed by atoms with E-state index >= 15 is 0 Å². The fraction of sp³-hybridized carbons (Fsp3) is 0.600. The first-order valence-corrected chi connectivity index (χ1v) is 7.04. The summed E-state index contributed by atoms with van der Waals surface area (Å²) < 4.78 is 11.2. The third-order valence-corrected chi connectivity index (χ3v) is 4.03. The molecular weight excluding hydrogens is 242 g/mol. The van der Waals surface area contributed by atoms with E-state index in [0.717, 1.165) is 48.6 Å². The van der Waals surface area contributed by atoms with E-state index in [1.807, 2.05) is 19.1 Å². The van der Waals surface area contributed by atoms with Gasteiger partial charge in [0, 0.05) is 12.5 Å². The zero-order valence-electron chi connectivity index (χ0n) is 11.3. The Morgan fingerprint density at radius 3 is 2.68 bits per heavy atom. The number of aliphatic hydroxyl groups excluding tert-OH is 1. The number of rotatable bonds is 2. The Kier molecular flexibility index (Phi) is 3.62. The standard InChI is InChI=1S/C15H21NO3/c1-10-7-13-14(19-6-5-18-13)8-12(10)15(17)11-3-2-4-16-9-11/h7-8,11,15-17H,2-6,9H2,1H3. The van der Waals surface area contributed by atoms with Gasteiger partial charge in [-0.15, -0.1) is 0 Å². The largest absolute Gasteiger partial charge is 0.486 e. The second-order valence-electron chi connectivity index (χ2n) is 5.40. The van der Waals surface area contributed by atoms with Crippen molar-refractivity contribution in [1.82, 2.24) is 5.32 Å². The van der Waals surface area contributed by atoms with Crippen LogP contribution >= 0.6 is 0 Å². The lowest BCUT2D eigenvalue weighted by Gasteiger charge is -2.29. The van der Waals surface area contributed by atoms with Gasteiger partial charge in [0.1, 0.15) is 13.2 Å². The molecule has 0 saturated carbocycles. The van der Waals surface area contributed by atoms with Crippen LogP contribution < -0.4 is 14.8 Å². The van der Waals surface area contributed by atoms with Crippen LogP contribution in [-0.2, 0) is 0 Å². The third-order valence-electron chi connectivity index (χ3n) is 4.03. The number of benzene rings is 1. The summed E-state index contributed by atoms with van der Waals surface area (Å²) in [4.78, 5) is 0. The minimum absolute atomic E-state index is 0.287. The van der Waals surface area contributed by atoms with Crippen LogP contribution in [0.2, 0.25) is 0 Å². The number of hydrogen-bond donors (Lipinski definition) is 2. The highest BCUT2D eigenvalue weighted by atomic mass is 16.6. The first kappa shape index (κ1) is 12.8. The van der Waals surface area contributed by atoms with Gasteiger partial charge >= 0.3 is 0 Å². The molecule has 0 aromatic heterocycles. The van der Waals surface area contributed by atoms with Gasteiger partial charge < -0.3 is 19.9 Å². The average Bonchev–Trinajstić information content (AvgIpc) is 2.47. The summed E-state index contributed by atoms with van der Waals surface area (Å²) in [6.45, 7) is 5.14. The molecule has 2 aliphatic rings. The van der Waals surface area contributed by atoms with Crippen molar-refractivity contribution in [3.05, 3.63) is 23.3 Å². The van der Waals surface area contributed by atoms with Gasteiger partial charge in [-0.2, -0.15) is 0 Å². The van der Waals surface area contributed by atoms with Crippen molar-refractivity contribution < 1.29 is 14.6 Å². The van der Waals surface area contributed by atoms with Crippen LogP contribution in [0.15, 0.2) is 12.1 Å². The normalized spacial score (nSPS) is 24.0. The van der Waals surface area contributed by atoms with Crippen LogP contribution in [0.3, 0.4) is 0 Å². The molecule has 0 amide bonds. The predicted molar refractivity (Wildman–Crippen MR) is 72.7 cm³/mol. The van der Waals surface area contributed by atoms with Crippen molar-refractivity contribution >= 4 is 0 Å². The molecule has 1 saturated heterocycles. The van der Waals surface area contributed by atoms with Gasteiger partial charge in [0.05, 0.1) is 6.10 Å². The molecule has 1 aromatic carbocycles. The number of aliphatic hydroxyl groups is 1. The van der Waals surface area contributed by atoms with E-state index in [1.54, 1.807) is 0 Å². The van der Waals surface area contributed by atoms with Gasteiger partial charge in [0.15, 0.2) is 11.5 Å². The van der Waals surface area contributed by atoms with Crippen molar-refractivity contribution in [3.8, 4) is 11.5 Å². The van der Waals surface area contributed by atoms with E-state index in [9.17, 15) is 5.11 Å². The first-order chi connectivity index (χ1) is 9.25. The van der Waals surface area contributed by atoms with Crippen LogP contribution in [0.1, 0.15) is 30.1 Å². The Balaban J connectivity index is 1.86. The lowest BCUT2D eigenvalue weighted by atomic mass is 9.87. The smallest absolute Gasteiger partial charge is 0.161 e. The summed E-state index contributed by atoms with van der Waals surface area (Å²) in [5.41, 5.74) is 2.04.